The summed E-state index contributed by atoms with van der Waals surface area (Å²) in [5.41, 5.74) is 0. The molecular weight excluding hydrogens is 230 g/mol. The summed E-state index contributed by atoms with van der Waals surface area (Å²) in [4.78, 5) is 0. The average molecular weight is 253 g/mol. The first-order chi connectivity index (χ1) is 8.79. The first-order valence-electron chi connectivity index (χ1n) is 6.97. The molecule has 1 aromatic heterocycles. The van der Waals surface area contributed by atoms with E-state index in [0.29, 0.717) is 12.0 Å². The minimum absolute atomic E-state index is 0.133. The first-order valence-corrected chi connectivity index (χ1v) is 6.97. The normalized spacial score (nSPS) is 21.3. The lowest BCUT2D eigenvalue weighted by molar-refractivity contribution is 0.103. The lowest BCUT2D eigenvalue weighted by Crippen LogP contribution is -2.19. The number of aromatic nitrogens is 2. The van der Waals surface area contributed by atoms with Gasteiger partial charge in [0.05, 0.1) is 12.1 Å². The minimum atomic E-state index is 0.133. The van der Waals surface area contributed by atoms with Gasteiger partial charge >= 0.3 is 0 Å². The van der Waals surface area contributed by atoms with Crippen LogP contribution in [0.4, 0.5) is 0 Å². The highest BCUT2D eigenvalue weighted by Gasteiger charge is 2.18. The molecule has 18 heavy (non-hydrogen) atoms. The van der Waals surface area contributed by atoms with Crippen molar-refractivity contribution in [2.75, 3.05) is 13.2 Å². The molecular formula is C13H23N3O2. The van der Waals surface area contributed by atoms with Crippen molar-refractivity contribution < 1.29 is 9.15 Å². The van der Waals surface area contributed by atoms with Crippen molar-refractivity contribution in [1.82, 2.24) is 15.5 Å². The van der Waals surface area contributed by atoms with Crippen molar-refractivity contribution >= 4 is 0 Å². The van der Waals surface area contributed by atoms with Crippen LogP contribution < -0.4 is 5.32 Å². The zero-order chi connectivity index (χ0) is 12.8. The van der Waals surface area contributed by atoms with Gasteiger partial charge in [0.1, 0.15) is 0 Å². The summed E-state index contributed by atoms with van der Waals surface area (Å²) >= 11 is 0. The van der Waals surface area contributed by atoms with Gasteiger partial charge in [-0.1, -0.05) is 6.92 Å². The Balaban J connectivity index is 1.77. The van der Waals surface area contributed by atoms with Crippen LogP contribution in [0.15, 0.2) is 4.42 Å². The Hall–Kier alpha value is -0.940. The van der Waals surface area contributed by atoms with E-state index in [1.807, 2.05) is 6.92 Å². The van der Waals surface area contributed by atoms with Crippen LogP contribution in [0.25, 0.3) is 0 Å². The van der Waals surface area contributed by atoms with Crippen molar-refractivity contribution in [2.45, 2.75) is 58.1 Å². The maximum Gasteiger partial charge on any atom is 0.233 e. The fourth-order valence-corrected chi connectivity index (χ4v) is 2.15. The van der Waals surface area contributed by atoms with Gasteiger partial charge in [-0.15, -0.1) is 10.2 Å². The molecule has 1 N–H and O–H groups in total. The number of hydrogen-bond donors (Lipinski definition) is 1. The maximum atomic E-state index is 5.66. The van der Waals surface area contributed by atoms with E-state index in [1.165, 1.54) is 6.42 Å². The molecule has 0 saturated carbocycles. The molecule has 1 saturated heterocycles. The van der Waals surface area contributed by atoms with Gasteiger partial charge in [-0.3, -0.25) is 0 Å². The molecule has 0 bridgehead atoms. The van der Waals surface area contributed by atoms with Gasteiger partial charge in [0.2, 0.25) is 11.8 Å². The molecule has 0 aromatic carbocycles. The molecule has 5 nitrogen and oxygen atoms in total. The molecule has 2 heterocycles. The largest absolute Gasteiger partial charge is 0.424 e. The number of nitrogens with one attached hydrogen (secondary N) is 1. The van der Waals surface area contributed by atoms with E-state index in [4.69, 9.17) is 9.15 Å². The second-order valence-corrected chi connectivity index (χ2v) is 4.88. The van der Waals surface area contributed by atoms with E-state index in [-0.39, 0.29) is 6.04 Å². The number of rotatable bonds is 7. The number of aryl methyl sites for hydroxylation is 1. The Morgan fingerprint density at radius 1 is 1.44 bits per heavy atom. The van der Waals surface area contributed by atoms with E-state index < -0.39 is 0 Å². The van der Waals surface area contributed by atoms with Gasteiger partial charge in [0, 0.05) is 13.0 Å². The van der Waals surface area contributed by atoms with Crippen LogP contribution in [0.1, 0.15) is 57.4 Å². The first kappa shape index (κ1) is 13.5. The highest BCUT2D eigenvalue weighted by atomic mass is 16.5. The van der Waals surface area contributed by atoms with Crippen LogP contribution in [0.2, 0.25) is 0 Å². The predicted octanol–water partition coefficient (Wildman–Crippen LogP) is 2.24. The van der Waals surface area contributed by atoms with Crippen LogP contribution in [-0.4, -0.2) is 29.5 Å². The van der Waals surface area contributed by atoms with E-state index in [0.717, 1.165) is 44.7 Å². The zero-order valence-electron chi connectivity index (χ0n) is 11.3. The smallest absolute Gasteiger partial charge is 0.233 e. The minimum Gasteiger partial charge on any atom is -0.424 e. The molecule has 2 atom stereocenters. The standard InChI is InChI=1S/C13H23N3O2/c1-3-8-14-10(2)13-16-15-12(18-13)7-6-11-5-4-9-17-11/h10-11,14H,3-9H2,1-2H3. The summed E-state index contributed by atoms with van der Waals surface area (Å²) in [6, 6.07) is 0.133. The SMILES string of the molecule is CCCNC(C)c1nnc(CCC2CCCO2)o1. The van der Waals surface area contributed by atoms with Crippen molar-refractivity contribution in [2.24, 2.45) is 0 Å². The average Bonchev–Trinajstić information content (AvgIpc) is 3.04. The molecule has 0 radical (unpaired) electrons. The number of ether oxygens (including phenoxy) is 1. The zero-order valence-corrected chi connectivity index (χ0v) is 11.3. The van der Waals surface area contributed by atoms with Crippen molar-refractivity contribution in [3.63, 3.8) is 0 Å². The summed E-state index contributed by atoms with van der Waals surface area (Å²) in [6.07, 6.45) is 5.63. The molecule has 102 valence electrons. The Labute approximate surface area is 108 Å². The molecule has 2 rings (SSSR count). The molecule has 1 aromatic rings. The van der Waals surface area contributed by atoms with Crippen molar-refractivity contribution in [1.29, 1.82) is 0 Å². The molecule has 0 spiro atoms. The number of nitrogens with zero attached hydrogens (tertiary/aromatic N) is 2. The van der Waals surface area contributed by atoms with E-state index in [1.54, 1.807) is 0 Å². The summed E-state index contributed by atoms with van der Waals surface area (Å²) in [7, 11) is 0. The van der Waals surface area contributed by atoms with Gasteiger partial charge in [-0.25, -0.2) is 0 Å². The molecule has 1 aliphatic rings. The second kappa shape index (κ2) is 6.85. The third-order valence-electron chi connectivity index (χ3n) is 3.26. The van der Waals surface area contributed by atoms with Crippen LogP contribution >= 0.6 is 0 Å². The highest BCUT2D eigenvalue weighted by molar-refractivity contribution is 4.88. The summed E-state index contributed by atoms with van der Waals surface area (Å²) < 4.78 is 11.2. The quantitative estimate of drug-likeness (QED) is 0.807. The van der Waals surface area contributed by atoms with Gasteiger partial charge in [0.15, 0.2) is 0 Å². The molecule has 1 aliphatic heterocycles. The van der Waals surface area contributed by atoms with Crippen molar-refractivity contribution in [3.8, 4) is 0 Å². The summed E-state index contributed by atoms with van der Waals surface area (Å²) in [6.45, 7) is 6.06. The third kappa shape index (κ3) is 3.78. The molecule has 0 aliphatic carbocycles. The lowest BCUT2D eigenvalue weighted by Gasteiger charge is -2.08. The number of hydrogen-bond acceptors (Lipinski definition) is 5. The van der Waals surface area contributed by atoms with E-state index >= 15 is 0 Å². The summed E-state index contributed by atoms with van der Waals surface area (Å²) in [5, 5.41) is 11.5. The Morgan fingerprint density at radius 2 is 2.33 bits per heavy atom. The fraction of sp³-hybridized carbons (Fsp3) is 0.846. The van der Waals surface area contributed by atoms with E-state index in [2.05, 4.69) is 22.4 Å². The van der Waals surface area contributed by atoms with E-state index in [9.17, 15) is 0 Å². The topological polar surface area (TPSA) is 60.2 Å². The van der Waals surface area contributed by atoms with Crippen LogP contribution in [0.3, 0.4) is 0 Å². The Bertz CT molecular complexity index is 348. The molecule has 2 unspecified atom stereocenters. The third-order valence-corrected chi connectivity index (χ3v) is 3.26. The van der Waals surface area contributed by atoms with Crippen molar-refractivity contribution in [3.05, 3.63) is 11.8 Å². The monoisotopic (exact) mass is 253 g/mol. The molecule has 0 amide bonds. The lowest BCUT2D eigenvalue weighted by atomic mass is 10.1. The highest BCUT2D eigenvalue weighted by Crippen LogP contribution is 2.18. The van der Waals surface area contributed by atoms with Gasteiger partial charge in [0.25, 0.3) is 0 Å². The predicted molar refractivity (Wildman–Crippen MR) is 68.3 cm³/mol. The van der Waals surface area contributed by atoms with Gasteiger partial charge in [-0.05, 0) is 39.2 Å². The van der Waals surface area contributed by atoms with Crippen LogP contribution in [0.5, 0.6) is 0 Å². The fourth-order valence-electron chi connectivity index (χ4n) is 2.15. The van der Waals surface area contributed by atoms with Gasteiger partial charge in [-0.2, -0.15) is 0 Å². The molecule has 1 fully saturated rings. The molecule has 5 heteroatoms. The summed E-state index contributed by atoms with van der Waals surface area (Å²) in [5.74, 6) is 1.41. The van der Waals surface area contributed by atoms with Crippen LogP contribution in [0, 0.1) is 0 Å². The Morgan fingerprint density at radius 3 is 3.06 bits per heavy atom. The van der Waals surface area contributed by atoms with Gasteiger partial charge < -0.3 is 14.5 Å². The second-order valence-electron chi connectivity index (χ2n) is 4.88. The van der Waals surface area contributed by atoms with Crippen LogP contribution in [-0.2, 0) is 11.2 Å². The maximum absolute atomic E-state index is 5.66. The Kier molecular flexibility index (Phi) is 5.13.